The molecular weight excluding hydrogens is 252 g/mol. The number of rotatable bonds is 4. The normalized spacial score (nSPS) is 27.7. The zero-order chi connectivity index (χ0) is 14.5. The highest BCUT2D eigenvalue weighted by molar-refractivity contribution is 5.25. The quantitative estimate of drug-likeness (QED) is 0.592. The van der Waals surface area contributed by atoms with Crippen molar-refractivity contribution in [2.45, 2.75) is 83.5 Å². The van der Waals surface area contributed by atoms with Crippen LogP contribution in [0.15, 0.2) is 24.3 Å². The zero-order valence-corrected chi connectivity index (χ0v) is 13.8. The fraction of sp³-hybridized carbons (Fsp3) is 0.714. The van der Waals surface area contributed by atoms with E-state index in [1.54, 1.807) is 5.56 Å². The van der Waals surface area contributed by atoms with Gasteiger partial charge in [-0.3, -0.25) is 0 Å². The van der Waals surface area contributed by atoms with E-state index in [0.29, 0.717) is 0 Å². The molecule has 0 atom stereocenters. The molecule has 0 radical (unpaired) electrons. The highest BCUT2D eigenvalue weighted by atomic mass is 14.3. The Morgan fingerprint density at radius 3 is 2.00 bits per heavy atom. The maximum atomic E-state index is 2.41. The first-order valence-corrected chi connectivity index (χ1v) is 9.45. The van der Waals surface area contributed by atoms with Crippen LogP contribution < -0.4 is 0 Å². The molecule has 2 aliphatic carbocycles. The summed E-state index contributed by atoms with van der Waals surface area (Å²) >= 11 is 0. The summed E-state index contributed by atoms with van der Waals surface area (Å²) in [5.41, 5.74) is 3.12. The van der Waals surface area contributed by atoms with Gasteiger partial charge < -0.3 is 0 Å². The highest BCUT2D eigenvalue weighted by Gasteiger charge is 2.28. The molecule has 0 unspecified atom stereocenters. The van der Waals surface area contributed by atoms with Gasteiger partial charge in [0.15, 0.2) is 0 Å². The zero-order valence-electron chi connectivity index (χ0n) is 13.8. The molecule has 2 fully saturated rings. The van der Waals surface area contributed by atoms with Gasteiger partial charge in [0.05, 0.1) is 0 Å². The van der Waals surface area contributed by atoms with E-state index in [4.69, 9.17) is 0 Å². The van der Waals surface area contributed by atoms with Crippen LogP contribution >= 0.6 is 0 Å². The summed E-state index contributed by atoms with van der Waals surface area (Å²) in [7, 11) is 0. The van der Waals surface area contributed by atoms with E-state index in [0.717, 1.165) is 17.8 Å². The van der Waals surface area contributed by atoms with Gasteiger partial charge >= 0.3 is 0 Å². The average molecular weight is 284 g/mol. The van der Waals surface area contributed by atoms with Crippen LogP contribution in [0.2, 0.25) is 0 Å². The molecule has 0 nitrogen and oxygen atoms in total. The van der Waals surface area contributed by atoms with Gasteiger partial charge in [0.25, 0.3) is 0 Å². The lowest BCUT2D eigenvalue weighted by molar-refractivity contribution is 0.186. The Labute approximate surface area is 131 Å². The number of benzene rings is 1. The van der Waals surface area contributed by atoms with E-state index in [1.165, 1.54) is 76.2 Å². The number of aryl methyl sites for hydroxylation is 1. The van der Waals surface area contributed by atoms with Crippen molar-refractivity contribution in [3.8, 4) is 0 Å². The van der Waals surface area contributed by atoms with Gasteiger partial charge in [0.1, 0.15) is 0 Å². The van der Waals surface area contributed by atoms with Crippen LogP contribution in [0, 0.1) is 11.8 Å². The summed E-state index contributed by atoms with van der Waals surface area (Å²) in [6.45, 7) is 2.26. The Bertz CT molecular complexity index is 402. The first-order chi connectivity index (χ1) is 10.4. The predicted octanol–water partition coefficient (Wildman–Crippen LogP) is 6.49. The second-order valence-electron chi connectivity index (χ2n) is 7.50. The topological polar surface area (TPSA) is 0 Å². The molecule has 0 bridgehead atoms. The Morgan fingerprint density at radius 1 is 0.762 bits per heavy atom. The van der Waals surface area contributed by atoms with Crippen molar-refractivity contribution in [1.82, 2.24) is 0 Å². The van der Waals surface area contributed by atoms with Crippen LogP contribution in [-0.2, 0) is 6.42 Å². The monoisotopic (exact) mass is 284 g/mol. The van der Waals surface area contributed by atoms with Gasteiger partial charge in [0.2, 0.25) is 0 Å². The fourth-order valence-electron chi connectivity index (χ4n) is 4.77. The third-order valence-electron chi connectivity index (χ3n) is 6.08. The molecule has 116 valence electrons. The number of hydrogen-bond donors (Lipinski definition) is 0. The minimum atomic E-state index is 0.848. The molecule has 1 aromatic rings. The summed E-state index contributed by atoms with van der Waals surface area (Å²) < 4.78 is 0. The first kappa shape index (κ1) is 15.1. The molecule has 0 N–H and O–H groups in total. The van der Waals surface area contributed by atoms with Gasteiger partial charge in [-0.1, -0.05) is 69.7 Å². The van der Waals surface area contributed by atoms with Crippen LogP contribution in [0.3, 0.4) is 0 Å². The fourth-order valence-corrected chi connectivity index (χ4v) is 4.77. The summed E-state index contributed by atoms with van der Waals surface area (Å²) in [6, 6.07) is 9.56. The second kappa shape index (κ2) is 7.47. The second-order valence-corrected chi connectivity index (χ2v) is 7.50. The number of hydrogen-bond acceptors (Lipinski definition) is 0. The Balaban J connectivity index is 1.52. The van der Waals surface area contributed by atoms with Crippen molar-refractivity contribution < 1.29 is 0 Å². The van der Waals surface area contributed by atoms with Crippen molar-refractivity contribution in [2.24, 2.45) is 11.8 Å². The van der Waals surface area contributed by atoms with Crippen molar-refractivity contribution in [3.05, 3.63) is 35.4 Å². The SMILES string of the molecule is CCCc1ccc(C2CCC(C3CCCCC3)CC2)cc1. The Morgan fingerprint density at radius 2 is 1.38 bits per heavy atom. The molecule has 0 heterocycles. The van der Waals surface area contributed by atoms with Gasteiger partial charge in [-0.2, -0.15) is 0 Å². The van der Waals surface area contributed by atoms with Crippen LogP contribution in [0.1, 0.15) is 88.2 Å². The van der Waals surface area contributed by atoms with Crippen LogP contribution in [0.5, 0.6) is 0 Å². The molecule has 0 aliphatic heterocycles. The van der Waals surface area contributed by atoms with E-state index in [-0.39, 0.29) is 0 Å². The van der Waals surface area contributed by atoms with Gasteiger partial charge in [-0.15, -0.1) is 0 Å². The smallest absolute Gasteiger partial charge is 0.0162 e. The Hall–Kier alpha value is -0.780. The van der Waals surface area contributed by atoms with Crippen LogP contribution in [0.25, 0.3) is 0 Å². The molecule has 1 aromatic carbocycles. The highest BCUT2D eigenvalue weighted by Crippen LogP contribution is 2.42. The van der Waals surface area contributed by atoms with E-state index in [9.17, 15) is 0 Å². The van der Waals surface area contributed by atoms with Crippen molar-refractivity contribution in [3.63, 3.8) is 0 Å². The first-order valence-electron chi connectivity index (χ1n) is 9.45. The molecule has 0 saturated heterocycles. The third-order valence-corrected chi connectivity index (χ3v) is 6.08. The third kappa shape index (κ3) is 3.90. The molecule has 2 saturated carbocycles. The van der Waals surface area contributed by atoms with E-state index >= 15 is 0 Å². The summed E-state index contributed by atoms with van der Waals surface area (Å²) in [6.07, 6.45) is 15.9. The molecule has 3 rings (SSSR count). The van der Waals surface area contributed by atoms with Crippen molar-refractivity contribution >= 4 is 0 Å². The van der Waals surface area contributed by atoms with E-state index < -0.39 is 0 Å². The van der Waals surface area contributed by atoms with Crippen molar-refractivity contribution in [2.75, 3.05) is 0 Å². The van der Waals surface area contributed by atoms with Crippen LogP contribution in [-0.4, -0.2) is 0 Å². The lowest BCUT2D eigenvalue weighted by Crippen LogP contribution is -2.23. The standard InChI is InChI=1S/C21H32/c1-2-6-17-9-11-19(12-10-17)21-15-13-20(14-16-21)18-7-4-3-5-8-18/h9-12,18,20-21H,2-8,13-16H2,1H3. The molecule has 21 heavy (non-hydrogen) atoms. The summed E-state index contributed by atoms with van der Waals surface area (Å²) in [4.78, 5) is 0. The molecule has 0 heteroatoms. The minimum absolute atomic E-state index is 0.848. The summed E-state index contributed by atoms with van der Waals surface area (Å²) in [5, 5.41) is 0. The lowest BCUT2D eigenvalue weighted by atomic mass is 9.70. The maximum absolute atomic E-state index is 2.41. The minimum Gasteiger partial charge on any atom is -0.0651 e. The molecule has 0 spiro atoms. The summed E-state index contributed by atoms with van der Waals surface area (Å²) in [5.74, 6) is 2.98. The van der Waals surface area contributed by atoms with Gasteiger partial charge in [0, 0.05) is 0 Å². The van der Waals surface area contributed by atoms with Gasteiger partial charge in [-0.05, 0) is 61.0 Å². The molecule has 0 amide bonds. The van der Waals surface area contributed by atoms with Crippen molar-refractivity contribution in [1.29, 1.82) is 0 Å². The Kier molecular flexibility index (Phi) is 5.38. The molecule has 0 aromatic heterocycles. The predicted molar refractivity (Wildman–Crippen MR) is 91.7 cm³/mol. The van der Waals surface area contributed by atoms with Gasteiger partial charge in [-0.25, -0.2) is 0 Å². The molecule has 2 aliphatic rings. The maximum Gasteiger partial charge on any atom is -0.0162 e. The van der Waals surface area contributed by atoms with Crippen LogP contribution in [0.4, 0.5) is 0 Å². The largest absolute Gasteiger partial charge is 0.0651 e. The van der Waals surface area contributed by atoms with E-state index in [1.807, 2.05) is 0 Å². The molecular formula is C21H32. The average Bonchev–Trinajstić information content (AvgIpc) is 2.57. The lowest BCUT2D eigenvalue weighted by Gasteiger charge is -2.36. The van der Waals surface area contributed by atoms with E-state index in [2.05, 4.69) is 31.2 Å².